The summed E-state index contributed by atoms with van der Waals surface area (Å²) in [6.07, 6.45) is 4.77. The van der Waals surface area contributed by atoms with Gasteiger partial charge >= 0.3 is 0 Å². The van der Waals surface area contributed by atoms with Crippen molar-refractivity contribution in [3.63, 3.8) is 0 Å². The fourth-order valence-corrected chi connectivity index (χ4v) is 1.99. The van der Waals surface area contributed by atoms with E-state index in [-0.39, 0.29) is 5.60 Å². The maximum absolute atomic E-state index is 5.35. The lowest BCUT2D eigenvalue weighted by molar-refractivity contribution is -0.481. The van der Waals surface area contributed by atoms with Gasteiger partial charge in [0, 0.05) is 0 Å². The van der Waals surface area contributed by atoms with Crippen LogP contribution >= 0.6 is 0 Å². The fourth-order valence-electron chi connectivity index (χ4n) is 1.99. The quantitative estimate of drug-likeness (QED) is 0.543. The number of benzene rings is 1. The van der Waals surface area contributed by atoms with Crippen LogP contribution < -0.4 is 0 Å². The summed E-state index contributed by atoms with van der Waals surface area (Å²) in [4.78, 5) is 10.3. The van der Waals surface area contributed by atoms with Gasteiger partial charge in [-0.25, -0.2) is 9.78 Å². The highest BCUT2D eigenvalue weighted by molar-refractivity contribution is 5.23. The van der Waals surface area contributed by atoms with Crippen molar-refractivity contribution in [2.75, 3.05) is 6.61 Å². The van der Waals surface area contributed by atoms with Crippen LogP contribution in [0.3, 0.4) is 0 Å². The van der Waals surface area contributed by atoms with Crippen LogP contribution in [0.4, 0.5) is 0 Å². The van der Waals surface area contributed by atoms with Crippen LogP contribution in [0.25, 0.3) is 0 Å². The zero-order valence-electron chi connectivity index (χ0n) is 9.24. The van der Waals surface area contributed by atoms with E-state index in [1.165, 1.54) is 24.8 Å². The molecule has 1 aliphatic heterocycles. The lowest BCUT2D eigenvalue weighted by Gasteiger charge is -2.40. The summed E-state index contributed by atoms with van der Waals surface area (Å²) in [5.74, 6) is 0. The van der Waals surface area contributed by atoms with Crippen molar-refractivity contribution in [3.8, 4) is 0 Å². The van der Waals surface area contributed by atoms with E-state index in [1.807, 2.05) is 6.07 Å². The van der Waals surface area contributed by atoms with Crippen LogP contribution in [0.1, 0.15) is 38.2 Å². The van der Waals surface area contributed by atoms with Gasteiger partial charge in [0.1, 0.15) is 6.61 Å². The molecule has 0 radical (unpaired) electrons. The van der Waals surface area contributed by atoms with Crippen molar-refractivity contribution in [1.82, 2.24) is 0 Å². The zero-order valence-corrected chi connectivity index (χ0v) is 9.24. The van der Waals surface area contributed by atoms with Crippen molar-refractivity contribution < 1.29 is 9.78 Å². The molecule has 0 spiro atoms. The number of rotatable bonds is 5. The van der Waals surface area contributed by atoms with E-state index < -0.39 is 0 Å². The predicted octanol–water partition coefficient (Wildman–Crippen LogP) is 3.42. The van der Waals surface area contributed by atoms with Gasteiger partial charge in [0.2, 0.25) is 0 Å². The highest BCUT2D eigenvalue weighted by atomic mass is 17.2. The minimum Gasteiger partial charge on any atom is -0.232 e. The Morgan fingerprint density at radius 2 is 1.93 bits per heavy atom. The molecule has 1 aliphatic rings. The first-order valence-corrected chi connectivity index (χ1v) is 5.73. The Kier molecular flexibility index (Phi) is 3.39. The molecule has 0 N–H and O–H groups in total. The van der Waals surface area contributed by atoms with Crippen LogP contribution in [-0.4, -0.2) is 6.61 Å². The SMILES string of the molecule is CCCCCC1(c2ccccc2)COO1. The summed E-state index contributed by atoms with van der Waals surface area (Å²) < 4.78 is 0. The first-order chi connectivity index (χ1) is 7.37. The molecule has 2 rings (SSSR count). The molecular weight excluding hydrogens is 188 g/mol. The summed E-state index contributed by atoms with van der Waals surface area (Å²) in [5.41, 5.74) is 1.09. The molecule has 1 heterocycles. The molecule has 1 atom stereocenters. The monoisotopic (exact) mass is 206 g/mol. The molecule has 1 unspecified atom stereocenters. The van der Waals surface area contributed by atoms with E-state index in [0.717, 1.165) is 6.42 Å². The fraction of sp³-hybridized carbons (Fsp3) is 0.538. The van der Waals surface area contributed by atoms with Gasteiger partial charge < -0.3 is 0 Å². The largest absolute Gasteiger partial charge is 0.232 e. The summed E-state index contributed by atoms with van der Waals surface area (Å²) in [6.45, 7) is 2.91. The average molecular weight is 206 g/mol. The van der Waals surface area contributed by atoms with E-state index in [0.29, 0.717) is 6.61 Å². The zero-order chi connectivity index (χ0) is 10.6. The standard InChI is InChI=1S/C13H18O2/c1-2-3-7-10-13(11-14-15-13)12-8-5-4-6-9-12/h4-6,8-9H,2-3,7,10-11H2,1H3. The molecule has 0 amide bonds. The molecular formula is C13H18O2. The van der Waals surface area contributed by atoms with E-state index in [4.69, 9.17) is 9.78 Å². The Balaban J connectivity index is 2.02. The Labute approximate surface area is 91.1 Å². The van der Waals surface area contributed by atoms with Crippen LogP contribution in [0, 0.1) is 0 Å². The molecule has 0 saturated carbocycles. The predicted molar refractivity (Wildman–Crippen MR) is 59.3 cm³/mol. The maximum atomic E-state index is 5.35. The second-order valence-electron chi connectivity index (χ2n) is 4.16. The van der Waals surface area contributed by atoms with Crippen molar-refractivity contribution in [3.05, 3.63) is 35.9 Å². The Morgan fingerprint density at radius 1 is 1.20 bits per heavy atom. The van der Waals surface area contributed by atoms with Crippen molar-refractivity contribution >= 4 is 0 Å². The summed E-state index contributed by atoms with van der Waals surface area (Å²) in [5, 5.41) is 0. The van der Waals surface area contributed by atoms with E-state index in [1.54, 1.807) is 0 Å². The van der Waals surface area contributed by atoms with Crippen molar-refractivity contribution in [2.45, 2.75) is 38.2 Å². The van der Waals surface area contributed by atoms with Crippen LogP contribution in [0.2, 0.25) is 0 Å². The van der Waals surface area contributed by atoms with Crippen LogP contribution in [0.5, 0.6) is 0 Å². The van der Waals surface area contributed by atoms with Gasteiger partial charge in [0.15, 0.2) is 5.60 Å². The molecule has 2 nitrogen and oxygen atoms in total. The highest BCUT2D eigenvalue weighted by Gasteiger charge is 2.42. The molecule has 2 heteroatoms. The Morgan fingerprint density at radius 3 is 2.47 bits per heavy atom. The van der Waals surface area contributed by atoms with Crippen LogP contribution in [-0.2, 0) is 15.4 Å². The van der Waals surface area contributed by atoms with Gasteiger partial charge in [-0.05, 0) is 12.0 Å². The minimum absolute atomic E-state index is 0.156. The summed E-state index contributed by atoms with van der Waals surface area (Å²) in [7, 11) is 0. The lowest BCUT2D eigenvalue weighted by Crippen LogP contribution is -2.44. The van der Waals surface area contributed by atoms with Gasteiger partial charge in [-0.1, -0.05) is 56.5 Å². The lowest BCUT2D eigenvalue weighted by atomic mass is 9.88. The van der Waals surface area contributed by atoms with E-state index in [2.05, 4.69) is 31.2 Å². The normalized spacial score (nSPS) is 24.9. The third kappa shape index (κ3) is 2.21. The van der Waals surface area contributed by atoms with Gasteiger partial charge in [0.05, 0.1) is 0 Å². The highest BCUT2D eigenvalue weighted by Crippen LogP contribution is 2.38. The minimum atomic E-state index is -0.156. The van der Waals surface area contributed by atoms with Gasteiger partial charge in [-0.15, -0.1) is 0 Å². The van der Waals surface area contributed by atoms with Crippen LogP contribution in [0.15, 0.2) is 30.3 Å². The molecule has 82 valence electrons. The number of unbranched alkanes of at least 4 members (excludes halogenated alkanes) is 2. The van der Waals surface area contributed by atoms with E-state index >= 15 is 0 Å². The molecule has 1 aromatic rings. The molecule has 0 bridgehead atoms. The molecule has 1 fully saturated rings. The topological polar surface area (TPSA) is 18.5 Å². The Bertz CT molecular complexity index is 291. The Hall–Kier alpha value is -0.860. The second kappa shape index (κ2) is 4.77. The third-order valence-corrected chi connectivity index (χ3v) is 2.99. The van der Waals surface area contributed by atoms with Crippen molar-refractivity contribution in [1.29, 1.82) is 0 Å². The summed E-state index contributed by atoms with van der Waals surface area (Å²) in [6, 6.07) is 10.4. The molecule has 15 heavy (non-hydrogen) atoms. The maximum Gasteiger partial charge on any atom is 0.155 e. The van der Waals surface area contributed by atoms with Gasteiger partial charge in [0.25, 0.3) is 0 Å². The average Bonchev–Trinajstić information content (AvgIpc) is 2.23. The first kappa shape index (κ1) is 10.7. The second-order valence-corrected chi connectivity index (χ2v) is 4.16. The summed E-state index contributed by atoms with van der Waals surface area (Å²) >= 11 is 0. The third-order valence-electron chi connectivity index (χ3n) is 2.99. The first-order valence-electron chi connectivity index (χ1n) is 5.73. The van der Waals surface area contributed by atoms with Gasteiger partial charge in [-0.2, -0.15) is 0 Å². The number of hydrogen-bond acceptors (Lipinski definition) is 2. The molecule has 0 aromatic heterocycles. The van der Waals surface area contributed by atoms with E-state index in [9.17, 15) is 0 Å². The molecule has 1 aromatic carbocycles. The smallest absolute Gasteiger partial charge is 0.155 e. The van der Waals surface area contributed by atoms with Gasteiger partial charge in [-0.3, -0.25) is 0 Å². The van der Waals surface area contributed by atoms with Crippen molar-refractivity contribution in [2.24, 2.45) is 0 Å². The molecule has 1 saturated heterocycles. The number of hydrogen-bond donors (Lipinski definition) is 0. The molecule has 0 aliphatic carbocycles.